The maximum absolute atomic E-state index is 10.5. The Morgan fingerprint density at radius 1 is 1.47 bits per heavy atom. The van der Waals surface area contributed by atoms with E-state index in [0.29, 0.717) is 0 Å². The fraction of sp³-hybridized carbons (Fsp3) is 0.286. The van der Waals surface area contributed by atoms with Crippen molar-refractivity contribution in [3.05, 3.63) is 35.4 Å². The van der Waals surface area contributed by atoms with Gasteiger partial charge in [-0.25, -0.2) is 4.79 Å². The van der Waals surface area contributed by atoms with Crippen molar-refractivity contribution in [2.45, 2.75) is 13.8 Å². The number of carboxylic acids is 1. The average molecular weight is 263 g/mol. The maximum atomic E-state index is 10.5. The number of carboxylic acid groups (broad SMARTS) is 1. The third-order valence-electron chi connectivity index (χ3n) is 2.36. The molecule has 102 valence electrons. The van der Waals surface area contributed by atoms with Gasteiger partial charge in [-0.15, -0.1) is 0 Å². The summed E-state index contributed by atoms with van der Waals surface area (Å²) in [5.74, 6) is -0.323. The minimum absolute atomic E-state index is 0.0819. The molecule has 0 heterocycles. The average Bonchev–Trinajstić information content (AvgIpc) is 2.38. The van der Waals surface area contributed by atoms with Gasteiger partial charge in [0.2, 0.25) is 0 Å². The van der Waals surface area contributed by atoms with Gasteiger partial charge in [-0.05, 0) is 32.1 Å². The van der Waals surface area contributed by atoms with Gasteiger partial charge in [0, 0.05) is 5.56 Å². The van der Waals surface area contributed by atoms with E-state index in [2.05, 4.69) is 5.16 Å². The van der Waals surface area contributed by atoms with Crippen molar-refractivity contribution < 1.29 is 19.5 Å². The highest BCUT2D eigenvalue weighted by Crippen LogP contribution is 2.20. The Hall–Kier alpha value is -2.30. The topological polar surface area (TPSA) is 68.1 Å². The molecular formula is C14H17NO4. The van der Waals surface area contributed by atoms with Crippen LogP contribution in [-0.2, 0) is 9.63 Å². The largest absolute Gasteiger partial charge is 0.496 e. The predicted octanol–water partition coefficient (Wildman–Crippen LogP) is 2.49. The van der Waals surface area contributed by atoms with E-state index < -0.39 is 5.97 Å². The molecule has 5 heteroatoms. The highest BCUT2D eigenvalue weighted by molar-refractivity contribution is 6.34. The van der Waals surface area contributed by atoms with Crippen molar-refractivity contribution in [3.63, 3.8) is 0 Å². The van der Waals surface area contributed by atoms with Crippen LogP contribution in [-0.4, -0.2) is 30.5 Å². The number of rotatable bonds is 6. The van der Waals surface area contributed by atoms with E-state index in [9.17, 15) is 4.79 Å². The molecule has 0 saturated heterocycles. The van der Waals surface area contributed by atoms with Gasteiger partial charge in [0.05, 0.1) is 7.11 Å². The van der Waals surface area contributed by atoms with E-state index in [0.717, 1.165) is 16.9 Å². The molecule has 0 spiro atoms. The highest BCUT2D eigenvalue weighted by atomic mass is 16.6. The molecule has 1 rings (SSSR count). The quantitative estimate of drug-likeness (QED) is 0.486. The van der Waals surface area contributed by atoms with Crippen molar-refractivity contribution in [1.82, 2.24) is 0 Å². The molecule has 0 unspecified atom stereocenters. The van der Waals surface area contributed by atoms with Crippen LogP contribution in [0.4, 0.5) is 0 Å². The van der Waals surface area contributed by atoms with Crippen LogP contribution in [0.2, 0.25) is 0 Å². The summed E-state index contributed by atoms with van der Waals surface area (Å²) in [7, 11) is 1.61. The minimum atomic E-state index is -1.09. The molecule has 0 aliphatic heterocycles. The summed E-state index contributed by atoms with van der Waals surface area (Å²) < 4.78 is 5.23. The molecule has 0 bridgehead atoms. The third-order valence-corrected chi connectivity index (χ3v) is 2.36. The normalized spacial score (nSPS) is 11.6. The van der Waals surface area contributed by atoms with Crippen LogP contribution in [0.3, 0.4) is 0 Å². The Bertz CT molecular complexity index is 506. The van der Waals surface area contributed by atoms with Crippen molar-refractivity contribution in [2.24, 2.45) is 5.16 Å². The lowest BCUT2D eigenvalue weighted by Crippen LogP contribution is -2.08. The van der Waals surface area contributed by atoms with Crippen LogP contribution in [0.1, 0.15) is 18.1 Å². The smallest absolute Gasteiger partial charge is 0.353 e. The van der Waals surface area contributed by atoms with E-state index in [-0.39, 0.29) is 12.3 Å². The van der Waals surface area contributed by atoms with Gasteiger partial charge >= 0.3 is 5.97 Å². The lowest BCUT2D eigenvalue weighted by Gasteiger charge is -2.05. The second-order valence-electron chi connectivity index (χ2n) is 3.93. The Morgan fingerprint density at radius 3 is 2.84 bits per heavy atom. The van der Waals surface area contributed by atoms with Gasteiger partial charge in [-0.3, -0.25) is 0 Å². The summed E-state index contributed by atoms with van der Waals surface area (Å²) in [4.78, 5) is 15.3. The van der Waals surface area contributed by atoms with Crippen molar-refractivity contribution in [1.29, 1.82) is 0 Å². The molecule has 1 aromatic rings. The molecular weight excluding hydrogens is 246 g/mol. The predicted molar refractivity (Wildman–Crippen MR) is 73.5 cm³/mol. The first-order chi connectivity index (χ1) is 9.04. The molecule has 0 aromatic heterocycles. The first-order valence-corrected chi connectivity index (χ1v) is 5.75. The van der Waals surface area contributed by atoms with Gasteiger partial charge in [0.1, 0.15) is 12.4 Å². The van der Waals surface area contributed by atoms with Gasteiger partial charge in [-0.2, -0.15) is 0 Å². The second-order valence-corrected chi connectivity index (χ2v) is 3.93. The molecule has 19 heavy (non-hydrogen) atoms. The van der Waals surface area contributed by atoms with Gasteiger partial charge in [0.15, 0.2) is 5.71 Å². The van der Waals surface area contributed by atoms with Crippen LogP contribution < -0.4 is 4.74 Å². The number of methoxy groups -OCH3 is 1. The third kappa shape index (κ3) is 4.83. The second kappa shape index (κ2) is 7.20. The summed E-state index contributed by atoms with van der Waals surface area (Å²) in [6.07, 6.45) is 3.59. The van der Waals surface area contributed by atoms with E-state index in [1.807, 2.05) is 31.2 Å². The van der Waals surface area contributed by atoms with E-state index in [1.54, 1.807) is 13.2 Å². The number of carbonyl (C=O) groups is 1. The molecule has 0 saturated carbocycles. The molecule has 0 fully saturated rings. The van der Waals surface area contributed by atoms with Gasteiger partial charge in [-0.1, -0.05) is 22.9 Å². The lowest BCUT2D eigenvalue weighted by atomic mass is 10.1. The molecule has 5 nitrogen and oxygen atoms in total. The first kappa shape index (κ1) is 14.8. The molecule has 1 N–H and O–H groups in total. The minimum Gasteiger partial charge on any atom is -0.496 e. The summed E-state index contributed by atoms with van der Waals surface area (Å²) in [6, 6.07) is 5.84. The summed E-state index contributed by atoms with van der Waals surface area (Å²) in [6.45, 7) is 3.56. The number of hydrogen-bond acceptors (Lipinski definition) is 4. The summed E-state index contributed by atoms with van der Waals surface area (Å²) in [5, 5.41) is 12.0. The highest BCUT2D eigenvalue weighted by Gasteiger charge is 2.01. The number of aryl methyl sites for hydroxylation is 1. The van der Waals surface area contributed by atoms with E-state index in [1.165, 1.54) is 6.92 Å². The fourth-order valence-electron chi connectivity index (χ4n) is 1.38. The van der Waals surface area contributed by atoms with Crippen molar-refractivity contribution >= 4 is 17.8 Å². The summed E-state index contributed by atoms with van der Waals surface area (Å²) >= 11 is 0. The number of hydrogen-bond donors (Lipinski definition) is 1. The molecule has 0 radical (unpaired) electrons. The number of aliphatic carboxylic acids is 1. The number of nitrogens with zero attached hydrogens (tertiary/aromatic N) is 1. The van der Waals surface area contributed by atoms with Crippen molar-refractivity contribution in [2.75, 3.05) is 13.7 Å². The standard InChI is InChI=1S/C14H17NO4/c1-10-6-7-13(18-3)12(9-10)5-4-8-19-15-11(2)14(16)17/h4-7,9H,8H2,1-3H3,(H,16,17). The molecule has 0 atom stereocenters. The zero-order chi connectivity index (χ0) is 14.3. The van der Waals surface area contributed by atoms with E-state index in [4.69, 9.17) is 14.7 Å². The number of ether oxygens (including phenoxy) is 1. The molecule has 0 amide bonds. The molecule has 1 aromatic carbocycles. The SMILES string of the molecule is COc1ccc(C)cc1C=CCON=C(C)C(=O)O. The Balaban J connectivity index is 2.60. The van der Waals surface area contributed by atoms with Crippen LogP contribution in [0.5, 0.6) is 5.75 Å². The Kier molecular flexibility index (Phi) is 5.60. The first-order valence-electron chi connectivity index (χ1n) is 5.75. The number of benzene rings is 1. The number of oxime groups is 1. The molecule has 0 aliphatic carbocycles. The van der Waals surface area contributed by atoms with Gasteiger partial charge < -0.3 is 14.7 Å². The zero-order valence-corrected chi connectivity index (χ0v) is 11.2. The van der Waals surface area contributed by atoms with Crippen molar-refractivity contribution in [3.8, 4) is 5.75 Å². The monoisotopic (exact) mass is 263 g/mol. The maximum Gasteiger partial charge on any atom is 0.353 e. The zero-order valence-electron chi connectivity index (χ0n) is 11.2. The van der Waals surface area contributed by atoms with Crippen LogP contribution >= 0.6 is 0 Å². The van der Waals surface area contributed by atoms with Crippen LogP contribution in [0.25, 0.3) is 6.08 Å². The lowest BCUT2D eigenvalue weighted by molar-refractivity contribution is -0.129. The van der Waals surface area contributed by atoms with Gasteiger partial charge in [0.25, 0.3) is 0 Å². The summed E-state index contributed by atoms with van der Waals surface area (Å²) in [5.41, 5.74) is 1.98. The van der Waals surface area contributed by atoms with E-state index >= 15 is 0 Å². The Labute approximate surface area is 112 Å². The van der Waals surface area contributed by atoms with Crippen LogP contribution in [0.15, 0.2) is 29.4 Å². The molecule has 0 aliphatic rings. The Morgan fingerprint density at radius 2 is 2.21 bits per heavy atom. The fourth-order valence-corrected chi connectivity index (χ4v) is 1.38. The van der Waals surface area contributed by atoms with Crippen LogP contribution in [0, 0.1) is 6.92 Å².